The fourth-order valence-electron chi connectivity index (χ4n) is 3.48. The van der Waals surface area contributed by atoms with E-state index in [0.29, 0.717) is 44.4 Å². The van der Waals surface area contributed by atoms with Crippen LogP contribution in [0.2, 0.25) is 15.1 Å². The molecule has 0 saturated carbocycles. The standard InChI is InChI=1S/C22H19Cl3N4O/c1-11(2)19-18-21(29(28-19)20-15(24)9-14(23)10-16(20)25)26-17(27-22(18)30)8-13-7-5-4-6-12(13)3/h4-7,9-11,28H,8H2,1-3H3. The summed E-state index contributed by atoms with van der Waals surface area (Å²) in [6.07, 6.45) is 0.447. The number of aromatic nitrogens is 4. The molecule has 0 aromatic heterocycles. The number of benzene rings is 2. The maximum Gasteiger partial charge on any atom is 0.284 e. The fourth-order valence-corrected chi connectivity index (χ4v) is 4.47. The molecule has 0 atom stereocenters. The summed E-state index contributed by atoms with van der Waals surface area (Å²) in [6.45, 7) is 6.00. The van der Waals surface area contributed by atoms with Crippen molar-refractivity contribution in [2.24, 2.45) is 0 Å². The number of aryl methyl sites for hydroxylation is 1. The Labute approximate surface area is 189 Å². The summed E-state index contributed by atoms with van der Waals surface area (Å²) in [4.78, 5) is 22.0. The van der Waals surface area contributed by atoms with Crippen molar-refractivity contribution >= 4 is 34.8 Å². The predicted molar refractivity (Wildman–Crippen MR) is 122 cm³/mol. The molecule has 1 N–H and O–H groups in total. The van der Waals surface area contributed by atoms with Gasteiger partial charge >= 0.3 is 0 Å². The first kappa shape index (κ1) is 20.9. The maximum absolute atomic E-state index is 13.0. The molecule has 0 bridgehead atoms. The smallest absolute Gasteiger partial charge is 0.284 e. The first-order chi connectivity index (χ1) is 14.3. The highest BCUT2D eigenvalue weighted by Crippen LogP contribution is 2.36. The van der Waals surface area contributed by atoms with Crippen molar-refractivity contribution in [3.05, 3.63) is 84.5 Å². The van der Waals surface area contributed by atoms with E-state index in [1.54, 1.807) is 16.8 Å². The van der Waals surface area contributed by atoms with E-state index in [0.717, 1.165) is 16.8 Å². The first-order valence-corrected chi connectivity index (χ1v) is 10.6. The highest BCUT2D eigenvalue weighted by Gasteiger charge is 2.27. The average Bonchev–Trinajstić information content (AvgIpc) is 3.03. The van der Waals surface area contributed by atoms with Crippen LogP contribution in [-0.2, 0) is 6.42 Å². The zero-order valence-corrected chi connectivity index (χ0v) is 18.9. The Hall–Kier alpha value is -2.34. The van der Waals surface area contributed by atoms with Gasteiger partial charge in [-0.2, -0.15) is 4.98 Å². The van der Waals surface area contributed by atoms with Crippen LogP contribution in [0.1, 0.15) is 42.4 Å². The lowest BCUT2D eigenvalue weighted by Gasteiger charge is -2.12. The number of fused-ring (bicyclic) bond motifs is 1. The van der Waals surface area contributed by atoms with Crippen LogP contribution in [0, 0.1) is 6.92 Å². The molecule has 2 aliphatic heterocycles. The lowest BCUT2D eigenvalue weighted by atomic mass is 10.0. The number of hydrogen-bond acceptors (Lipinski definition) is 3. The van der Waals surface area contributed by atoms with Crippen molar-refractivity contribution in [2.45, 2.75) is 33.1 Å². The van der Waals surface area contributed by atoms with Crippen molar-refractivity contribution in [3.63, 3.8) is 0 Å². The second kappa shape index (κ2) is 8.06. The predicted octanol–water partition coefficient (Wildman–Crippen LogP) is 6.04. The summed E-state index contributed by atoms with van der Waals surface area (Å²) >= 11 is 19.0. The van der Waals surface area contributed by atoms with Gasteiger partial charge in [-0.25, -0.2) is 9.67 Å². The molecule has 30 heavy (non-hydrogen) atoms. The molecule has 4 rings (SSSR count). The van der Waals surface area contributed by atoms with E-state index in [2.05, 4.69) is 10.1 Å². The fraction of sp³-hybridized carbons (Fsp3) is 0.227. The van der Waals surface area contributed by atoms with Crippen LogP contribution in [0.3, 0.4) is 0 Å². The normalized spacial score (nSPS) is 11.6. The van der Waals surface area contributed by atoms with Crippen molar-refractivity contribution in [2.75, 3.05) is 0 Å². The van der Waals surface area contributed by atoms with Crippen molar-refractivity contribution in [1.29, 1.82) is 0 Å². The Balaban J connectivity index is 1.96. The number of hydrogen-bond donors (Lipinski definition) is 1. The minimum Gasteiger partial charge on any atom is -0.295 e. The third-order valence-electron chi connectivity index (χ3n) is 5.01. The minimum absolute atomic E-state index is 0.0390. The van der Waals surface area contributed by atoms with Gasteiger partial charge in [0.05, 0.1) is 15.7 Å². The summed E-state index contributed by atoms with van der Waals surface area (Å²) in [7, 11) is 0. The van der Waals surface area contributed by atoms with E-state index in [-0.39, 0.29) is 11.5 Å². The summed E-state index contributed by atoms with van der Waals surface area (Å²) in [5, 5.41) is 4.38. The van der Waals surface area contributed by atoms with Crippen molar-refractivity contribution < 1.29 is 0 Å². The van der Waals surface area contributed by atoms with E-state index in [1.165, 1.54) is 0 Å². The van der Waals surface area contributed by atoms with Gasteiger partial charge in [0, 0.05) is 11.4 Å². The quantitative estimate of drug-likeness (QED) is 0.403. The number of halogens is 3. The van der Waals surface area contributed by atoms with Crippen LogP contribution in [0.5, 0.6) is 0 Å². The summed E-state index contributed by atoms with van der Waals surface area (Å²) < 4.78 is 1.65. The molecule has 2 aromatic carbocycles. The van der Waals surface area contributed by atoms with Crippen LogP contribution >= 0.6 is 34.8 Å². The first-order valence-electron chi connectivity index (χ1n) is 9.47. The molecule has 0 aliphatic carbocycles. The molecule has 154 valence electrons. The highest BCUT2D eigenvalue weighted by molar-refractivity contribution is 6.40. The molecular formula is C22H19Cl3N4O. The van der Waals surface area contributed by atoms with Gasteiger partial charge in [0.1, 0.15) is 17.1 Å². The van der Waals surface area contributed by atoms with Gasteiger partial charge < -0.3 is 0 Å². The van der Waals surface area contributed by atoms with Gasteiger partial charge in [0.15, 0.2) is 5.82 Å². The summed E-state index contributed by atoms with van der Waals surface area (Å²) in [5.74, 6) is 0.914. The molecule has 2 heterocycles. The average molecular weight is 462 g/mol. The van der Waals surface area contributed by atoms with Crippen LogP contribution < -0.4 is 5.56 Å². The Kier molecular flexibility index (Phi) is 5.62. The lowest BCUT2D eigenvalue weighted by Crippen LogP contribution is -2.18. The molecule has 2 aromatic rings. The van der Waals surface area contributed by atoms with Crippen molar-refractivity contribution in [1.82, 2.24) is 19.7 Å². The monoisotopic (exact) mass is 460 g/mol. The zero-order chi connectivity index (χ0) is 21.6. The molecule has 0 saturated heterocycles. The number of H-pyrrole nitrogens is 1. The van der Waals surface area contributed by atoms with Crippen molar-refractivity contribution in [3.8, 4) is 17.1 Å². The van der Waals surface area contributed by atoms with Gasteiger partial charge in [0.25, 0.3) is 5.56 Å². The van der Waals surface area contributed by atoms with Gasteiger partial charge in [-0.1, -0.05) is 72.9 Å². The molecule has 5 nitrogen and oxygen atoms in total. The van der Waals surface area contributed by atoms with E-state index >= 15 is 0 Å². The molecule has 0 radical (unpaired) electrons. The van der Waals surface area contributed by atoms with Gasteiger partial charge in [0.2, 0.25) is 0 Å². The van der Waals surface area contributed by atoms with Gasteiger partial charge in [-0.3, -0.25) is 9.89 Å². The van der Waals surface area contributed by atoms with E-state index in [4.69, 9.17) is 39.8 Å². The number of aromatic amines is 1. The SMILES string of the molecule is Cc1ccccc1Cc1nc2n(-c3c(Cl)cc(Cl)cc3Cl)[nH]c(C(C)C)c-2c(=O)n1. The summed E-state index contributed by atoms with van der Waals surface area (Å²) in [5.41, 5.74) is 3.48. The molecular weight excluding hydrogens is 443 g/mol. The number of nitrogens with zero attached hydrogens (tertiary/aromatic N) is 3. The maximum atomic E-state index is 13.0. The molecule has 2 aliphatic rings. The second-order valence-electron chi connectivity index (χ2n) is 7.48. The van der Waals surface area contributed by atoms with Crippen LogP contribution in [0.15, 0.2) is 41.2 Å². The van der Waals surface area contributed by atoms with Gasteiger partial charge in [-0.05, 0) is 36.1 Å². The van der Waals surface area contributed by atoms with E-state index < -0.39 is 0 Å². The minimum atomic E-state index is -0.330. The van der Waals surface area contributed by atoms with Crippen LogP contribution in [-0.4, -0.2) is 19.7 Å². The molecule has 0 fully saturated rings. The molecule has 8 heteroatoms. The Morgan fingerprint density at radius 1 is 1.07 bits per heavy atom. The topological polar surface area (TPSA) is 63.6 Å². The lowest BCUT2D eigenvalue weighted by molar-refractivity contribution is 0.771. The second-order valence-corrected chi connectivity index (χ2v) is 8.73. The number of nitrogens with one attached hydrogen (secondary N) is 1. The molecule has 0 spiro atoms. The van der Waals surface area contributed by atoms with Crippen LogP contribution in [0.4, 0.5) is 0 Å². The summed E-state index contributed by atoms with van der Waals surface area (Å²) in [6, 6.07) is 11.2. The number of rotatable bonds is 4. The molecule has 0 amide bonds. The highest BCUT2D eigenvalue weighted by atomic mass is 35.5. The molecule has 0 unspecified atom stereocenters. The van der Waals surface area contributed by atoms with Crippen LogP contribution in [0.25, 0.3) is 17.1 Å². The zero-order valence-electron chi connectivity index (χ0n) is 16.6. The Bertz CT molecular complexity index is 1250. The van der Waals surface area contributed by atoms with E-state index in [1.807, 2.05) is 45.0 Å². The van der Waals surface area contributed by atoms with E-state index in [9.17, 15) is 4.79 Å². The largest absolute Gasteiger partial charge is 0.295 e. The third kappa shape index (κ3) is 3.73. The van der Waals surface area contributed by atoms with Gasteiger partial charge in [-0.15, -0.1) is 0 Å². The third-order valence-corrected chi connectivity index (χ3v) is 5.80. The Morgan fingerprint density at radius 2 is 1.73 bits per heavy atom. The Morgan fingerprint density at radius 3 is 2.37 bits per heavy atom.